The van der Waals surface area contributed by atoms with Crippen molar-refractivity contribution >= 4 is 17.5 Å². The number of hydrogen-bond donors (Lipinski definition) is 1. The number of β-amino-alcohol motifs (C(OH)–C–C–N with tert-alkyl or cyclic N) is 1. The summed E-state index contributed by atoms with van der Waals surface area (Å²) in [7, 11) is 0. The van der Waals surface area contributed by atoms with Gasteiger partial charge >= 0.3 is 0 Å². The van der Waals surface area contributed by atoms with Crippen LogP contribution in [0.4, 0.5) is 0 Å². The Morgan fingerprint density at radius 2 is 2.00 bits per heavy atom. The van der Waals surface area contributed by atoms with Crippen LogP contribution in [0, 0.1) is 25.2 Å². The molecule has 6 nitrogen and oxygen atoms in total. The number of nitriles is 1. The summed E-state index contributed by atoms with van der Waals surface area (Å²) in [4.78, 5) is 14.3. The summed E-state index contributed by atoms with van der Waals surface area (Å²) in [5.41, 5.74) is 6.00. The molecule has 158 valence electrons. The molecule has 1 amide bonds. The highest BCUT2D eigenvalue weighted by Crippen LogP contribution is 2.25. The lowest BCUT2D eigenvalue weighted by atomic mass is 10.0. The van der Waals surface area contributed by atoms with Gasteiger partial charge in [0.1, 0.15) is 6.07 Å². The Bertz CT molecular complexity index is 1180. The van der Waals surface area contributed by atoms with Gasteiger partial charge in [-0.15, -0.1) is 0 Å². The first-order chi connectivity index (χ1) is 14.9. The van der Waals surface area contributed by atoms with E-state index in [9.17, 15) is 9.90 Å². The molecule has 4 rings (SSSR count). The van der Waals surface area contributed by atoms with Gasteiger partial charge in [-0.2, -0.15) is 10.4 Å². The van der Waals surface area contributed by atoms with E-state index >= 15 is 0 Å². The summed E-state index contributed by atoms with van der Waals surface area (Å²) in [5, 5.41) is 23.8. The van der Waals surface area contributed by atoms with E-state index < -0.39 is 6.10 Å². The van der Waals surface area contributed by atoms with Gasteiger partial charge in [0.25, 0.3) is 5.91 Å². The van der Waals surface area contributed by atoms with E-state index in [1.807, 2.05) is 48.9 Å². The molecule has 1 aliphatic rings. The van der Waals surface area contributed by atoms with Crippen LogP contribution in [-0.4, -0.2) is 44.9 Å². The molecule has 1 atom stereocenters. The van der Waals surface area contributed by atoms with Crippen LogP contribution in [0.25, 0.3) is 5.69 Å². The van der Waals surface area contributed by atoms with Crippen molar-refractivity contribution in [3.63, 3.8) is 0 Å². The highest BCUT2D eigenvalue weighted by molar-refractivity contribution is 6.31. The minimum atomic E-state index is -0.420. The summed E-state index contributed by atoms with van der Waals surface area (Å²) in [6.45, 7) is 4.98. The van der Waals surface area contributed by atoms with E-state index in [2.05, 4.69) is 11.2 Å². The number of carbonyl (C=O) groups excluding carboxylic acids is 1. The number of aromatic nitrogens is 2. The number of benzene rings is 2. The second-order valence-electron chi connectivity index (χ2n) is 7.90. The Hall–Kier alpha value is -3.14. The quantitative estimate of drug-likeness (QED) is 0.676. The van der Waals surface area contributed by atoms with Gasteiger partial charge in [-0.1, -0.05) is 23.7 Å². The molecule has 0 bridgehead atoms. The number of aliphatic hydroxyl groups is 1. The SMILES string of the molecule is Cc1nn(-c2ccc(C#N)c(Cl)c2)c(C)c1Cc1ccc(C(=O)N2CC[C@@H](O)C2)cc1. The van der Waals surface area contributed by atoms with Crippen LogP contribution < -0.4 is 0 Å². The van der Waals surface area contributed by atoms with Crippen LogP contribution in [-0.2, 0) is 6.42 Å². The molecule has 0 aliphatic carbocycles. The highest BCUT2D eigenvalue weighted by Gasteiger charge is 2.25. The van der Waals surface area contributed by atoms with Crippen LogP contribution in [0.2, 0.25) is 5.02 Å². The zero-order chi connectivity index (χ0) is 22.1. The second kappa shape index (κ2) is 8.54. The van der Waals surface area contributed by atoms with E-state index in [0.717, 1.165) is 28.2 Å². The molecular weight excluding hydrogens is 412 g/mol. The Morgan fingerprint density at radius 1 is 1.26 bits per heavy atom. The molecule has 0 saturated carbocycles. The number of nitrogens with zero attached hydrogens (tertiary/aromatic N) is 4. The smallest absolute Gasteiger partial charge is 0.253 e. The maximum atomic E-state index is 12.6. The molecule has 1 aliphatic heterocycles. The van der Waals surface area contributed by atoms with Crippen LogP contribution in [0.3, 0.4) is 0 Å². The lowest BCUT2D eigenvalue weighted by molar-refractivity contribution is 0.0765. The average molecular weight is 435 g/mol. The minimum absolute atomic E-state index is 0.0408. The van der Waals surface area contributed by atoms with E-state index in [-0.39, 0.29) is 5.91 Å². The molecule has 1 aromatic heterocycles. The van der Waals surface area contributed by atoms with Crippen molar-refractivity contribution in [2.24, 2.45) is 0 Å². The lowest BCUT2D eigenvalue weighted by Gasteiger charge is -2.15. The molecule has 1 N–H and O–H groups in total. The summed E-state index contributed by atoms with van der Waals surface area (Å²) in [5.74, 6) is -0.0408. The molecule has 0 unspecified atom stereocenters. The first kappa shape index (κ1) is 21.1. The summed E-state index contributed by atoms with van der Waals surface area (Å²) in [6.07, 6.45) is 0.909. The van der Waals surface area contributed by atoms with Gasteiger partial charge in [0.05, 0.1) is 28.1 Å². The number of halogens is 1. The van der Waals surface area contributed by atoms with Gasteiger partial charge in [-0.25, -0.2) is 4.68 Å². The Balaban J connectivity index is 1.54. The molecule has 31 heavy (non-hydrogen) atoms. The number of hydrogen-bond acceptors (Lipinski definition) is 4. The third-order valence-corrected chi connectivity index (χ3v) is 6.10. The number of rotatable bonds is 4. The first-order valence-corrected chi connectivity index (χ1v) is 10.6. The van der Waals surface area contributed by atoms with E-state index in [4.69, 9.17) is 16.9 Å². The van der Waals surface area contributed by atoms with Gasteiger partial charge < -0.3 is 10.0 Å². The molecule has 7 heteroatoms. The topological polar surface area (TPSA) is 82.2 Å². The standard InChI is InChI=1S/C24H23ClN4O2/c1-15-22(16(2)29(27-15)20-8-7-19(13-26)23(25)12-20)11-17-3-5-18(6-4-17)24(31)28-10-9-21(30)14-28/h3-8,12,21,30H,9-11,14H2,1-2H3/t21-/m1/s1. The minimum Gasteiger partial charge on any atom is -0.391 e. The zero-order valence-electron chi connectivity index (χ0n) is 17.5. The first-order valence-electron chi connectivity index (χ1n) is 10.2. The largest absolute Gasteiger partial charge is 0.391 e. The highest BCUT2D eigenvalue weighted by atomic mass is 35.5. The number of likely N-dealkylation sites (tertiary alicyclic amines) is 1. The number of aliphatic hydroxyl groups excluding tert-OH is 1. The molecule has 1 saturated heterocycles. The van der Waals surface area contributed by atoms with E-state index in [1.165, 1.54) is 0 Å². The molecule has 0 spiro atoms. The van der Waals surface area contributed by atoms with Crippen molar-refractivity contribution in [3.8, 4) is 11.8 Å². The molecule has 0 radical (unpaired) electrons. The lowest BCUT2D eigenvalue weighted by Crippen LogP contribution is -2.29. The molecule has 1 fully saturated rings. The maximum absolute atomic E-state index is 12.6. The summed E-state index contributed by atoms with van der Waals surface area (Å²) in [6, 6.07) is 15.0. The van der Waals surface area contributed by atoms with Crippen LogP contribution >= 0.6 is 11.6 Å². The van der Waals surface area contributed by atoms with Gasteiger partial charge in [0, 0.05) is 36.3 Å². The molecule has 3 aromatic rings. The second-order valence-corrected chi connectivity index (χ2v) is 8.31. The molecule has 2 aromatic carbocycles. The molecular formula is C24H23ClN4O2. The number of carbonyl (C=O) groups is 1. The van der Waals surface area contributed by atoms with Crippen molar-refractivity contribution in [1.82, 2.24) is 14.7 Å². The average Bonchev–Trinajstić information content (AvgIpc) is 3.32. The number of amides is 1. The van der Waals surface area contributed by atoms with E-state index in [0.29, 0.717) is 42.1 Å². The van der Waals surface area contributed by atoms with Crippen molar-refractivity contribution < 1.29 is 9.90 Å². The third kappa shape index (κ3) is 4.20. The monoisotopic (exact) mass is 434 g/mol. The van der Waals surface area contributed by atoms with Gasteiger partial charge in [0.2, 0.25) is 0 Å². The third-order valence-electron chi connectivity index (χ3n) is 5.79. The zero-order valence-corrected chi connectivity index (χ0v) is 18.2. The van der Waals surface area contributed by atoms with Gasteiger partial charge in [-0.3, -0.25) is 4.79 Å². The van der Waals surface area contributed by atoms with Crippen molar-refractivity contribution in [2.75, 3.05) is 13.1 Å². The predicted molar refractivity (Wildman–Crippen MR) is 119 cm³/mol. The fourth-order valence-electron chi connectivity index (χ4n) is 3.99. The van der Waals surface area contributed by atoms with Crippen LogP contribution in [0.5, 0.6) is 0 Å². The van der Waals surface area contributed by atoms with Crippen LogP contribution in [0.1, 0.15) is 44.9 Å². The Kier molecular flexibility index (Phi) is 5.81. The van der Waals surface area contributed by atoms with Crippen LogP contribution in [0.15, 0.2) is 42.5 Å². The van der Waals surface area contributed by atoms with Gasteiger partial charge in [-0.05, 0) is 56.2 Å². The Labute approximate surface area is 186 Å². The summed E-state index contributed by atoms with van der Waals surface area (Å²) < 4.78 is 1.84. The predicted octanol–water partition coefficient (Wildman–Crippen LogP) is 3.81. The van der Waals surface area contributed by atoms with Crippen molar-refractivity contribution in [2.45, 2.75) is 32.8 Å². The van der Waals surface area contributed by atoms with E-state index in [1.54, 1.807) is 17.0 Å². The maximum Gasteiger partial charge on any atom is 0.253 e. The fourth-order valence-corrected chi connectivity index (χ4v) is 4.20. The normalized spacial score (nSPS) is 15.8. The number of aryl methyl sites for hydroxylation is 1. The van der Waals surface area contributed by atoms with Crippen molar-refractivity contribution in [1.29, 1.82) is 5.26 Å². The molecule has 2 heterocycles. The summed E-state index contributed by atoms with van der Waals surface area (Å²) >= 11 is 6.20. The Morgan fingerprint density at radius 3 is 2.61 bits per heavy atom. The fraction of sp³-hybridized carbons (Fsp3) is 0.292. The van der Waals surface area contributed by atoms with Gasteiger partial charge in [0.15, 0.2) is 0 Å². The van der Waals surface area contributed by atoms with Crippen molar-refractivity contribution in [3.05, 3.63) is 81.1 Å².